The zero-order chi connectivity index (χ0) is 28.8. The van der Waals surface area contributed by atoms with Crippen LogP contribution in [0.2, 0.25) is 10.0 Å². The summed E-state index contributed by atoms with van der Waals surface area (Å²) in [6.45, 7) is 12.6. The van der Waals surface area contributed by atoms with Gasteiger partial charge < -0.3 is 10.2 Å². The Kier molecular flexibility index (Phi) is 10.3. The number of rotatable bonds is 9. The molecule has 1 atom stereocenters. The molecule has 0 aromatic heterocycles. The Morgan fingerprint density at radius 1 is 0.795 bits per heavy atom. The van der Waals surface area contributed by atoms with E-state index >= 15 is 0 Å². The van der Waals surface area contributed by atoms with Crippen molar-refractivity contribution in [2.24, 2.45) is 0 Å². The number of halogens is 2. The lowest BCUT2D eigenvalue weighted by Gasteiger charge is -2.34. The lowest BCUT2D eigenvalue weighted by Crippen LogP contribution is -2.54. The second-order valence-corrected chi connectivity index (χ2v) is 13.0. The van der Waals surface area contributed by atoms with Gasteiger partial charge in [-0.15, -0.1) is 0 Å². The number of hydrogen-bond donors (Lipinski definition) is 1. The van der Waals surface area contributed by atoms with Crippen molar-refractivity contribution >= 4 is 35.0 Å². The predicted molar refractivity (Wildman–Crippen MR) is 162 cm³/mol. The van der Waals surface area contributed by atoms with Crippen molar-refractivity contribution in [2.75, 3.05) is 0 Å². The first-order chi connectivity index (χ1) is 18.2. The van der Waals surface area contributed by atoms with E-state index in [1.807, 2.05) is 57.2 Å². The summed E-state index contributed by atoms with van der Waals surface area (Å²) in [4.78, 5) is 29.3. The first kappa shape index (κ1) is 30.7. The van der Waals surface area contributed by atoms with E-state index in [1.54, 1.807) is 17.0 Å². The van der Waals surface area contributed by atoms with Crippen molar-refractivity contribution in [3.63, 3.8) is 0 Å². The fraction of sp³-hybridized carbons (Fsp3) is 0.394. The molecule has 0 radical (unpaired) electrons. The van der Waals surface area contributed by atoms with Gasteiger partial charge in [0, 0.05) is 24.9 Å². The molecule has 0 heterocycles. The maximum atomic E-state index is 13.9. The average molecular weight is 568 g/mol. The number of aryl methyl sites for hydroxylation is 1. The highest BCUT2D eigenvalue weighted by Gasteiger charge is 2.32. The normalized spacial score (nSPS) is 12.6. The van der Waals surface area contributed by atoms with E-state index in [-0.39, 0.29) is 30.2 Å². The van der Waals surface area contributed by atoms with Crippen LogP contribution in [0.1, 0.15) is 70.2 Å². The van der Waals surface area contributed by atoms with Crippen LogP contribution in [0.5, 0.6) is 0 Å². The molecular formula is C33H40Cl2N2O2. The average Bonchev–Trinajstić information content (AvgIpc) is 2.86. The van der Waals surface area contributed by atoms with Crippen molar-refractivity contribution in [3.8, 4) is 0 Å². The van der Waals surface area contributed by atoms with Crippen LogP contribution in [-0.4, -0.2) is 28.3 Å². The molecule has 0 unspecified atom stereocenters. The summed E-state index contributed by atoms with van der Waals surface area (Å²) in [5, 5.41) is 3.96. The molecule has 0 fully saturated rings. The van der Waals surface area contributed by atoms with Gasteiger partial charge in [0.05, 0.1) is 10.0 Å². The fourth-order valence-corrected chi connectivity index (χ4v) is 4.73. The topological polar surface area (TPSA) is 49.4 Å². The minimum atomic E-state index is -0.697. The summed E-state index contributed by atoms with van der Waals surface area (Å²) in [7, 11) is 0. The van der Waals surface area contributed by atoms with E-state index < -0.39 is 11.6 Å². The van der Waals surface area contributed by atoms with Gasteiger partial charge in [0.1, 0.15) is 6.04 Å². The highest BCUT2D eigenvalue weighted by atomic mass is 35.5. The van der Waals surface area contributed by atoms with Crippen molar-refractivity contribution in [2.45, 2.75) is 84.3 Å². The van der Waals surface area contributed by atoms with Gasteiger partial charge in [0.2, 0.25) is 11.8 Å². The van der Waals surface area contributed by atoms with Gasteiger partial charge in [-0.2, -0.15) is 0 Å². The number of amides is 2. The number of carbonyl (C=O) groups is 2. The van der Waals surface area contributed by atoms with Crippen LogP contribution < -0.4 is 5.32 Å². The summed E-state index contributed by atoms with van der Waals surface area (Å²) in [5.74, 6) is -0.278. The number of nitrogens with one attached hydrogen (secondary N) is 1. The van der Waals surface area contributed by atoms with Crippen molar-refractivity contribution < 1.29 is 9.59 Å². The number of hydrogen-bond acceptors (Lipinski definition) is 2. The van der Waals surface area contributed by atoms with Crippen LogP contribution in [-0.2, 0) is 34.4 Å². The fourth-order valence-electron chi connectivity index (χ4n) is 4.41. The lowest BCUT2D eigenvalue weighted by molar-refractivity contribution is -0.141. The van der Waals surface area contributed by atoms with Crippen molar-refractivity contribution in [1.29, 1.82) is 0 Å². The van der Waals surface area contributed by atoms with Gasteiger partial charge in [-0.3, -0.25) is 9.59 Å². The Morgan fingerprint density at radius 2 is 1.41 bits per heavy atom. The lowest BCUT2D eigenvalue weighted by atomic mass is 9.86. The molecular weight excluding hydrogens is 527 g/mol. The molecule has 0 aliphatic heterocycles. The summed E-state index contributed by atoms with van der Waals surface area (Å²) in [6.07, 6.45) is 1.26. The van der Waals surface area contributed by atoms with Gasteiger partial charge in [-0.1, -0.05) is 105 Å². The van der Waals surface area contributed by atoms with Crippen LogP contribution in [0.3, 0.4) is 0 Å². The minimum absolute atomic E-state index is 0.0656. The standard InChI is InChI=1S/C33H40Cl2N2O2/c1-32(2,3)26-16-12-23(13-17-26)15-19-30(38)37(22-25-14-18-27(34)28(35)20-25)29(31(39)36-33(4,5)6)21-24-10-8-7-9-11-24/h7-14,16-18,20,29H,15,19,21-22H2,1-6H3,(H,36,39)/t29-/m1/s1. The third-order valence-electron chi connectivity index (χ3n) is 6.55. The molecule has 6 heteroatoms. The summed E-state index contributed by atoms with van der Waals surface area (Å²) in [6, 6.07) is 22.9. The smallest absolute Gasteiger partial charge is 0.243 e. The second kappa shape index (κ2) is 13.0. The van der Waals surface area contributed by atoms with Crippen molar-refractivity contribution in [1.82, 2.24) is 10.2 Å². The van der Waals surface area contributed by atoms with Gasteiger partial charge in [-0.25, -0.2) is 0 Å². The molecule has 3 aromatic carbocycles. The summed E-state index contributed by atoms with van der Waals surface area (Å²) in [5.41, 5.74) is 3.75. The molecule has 0 aliphatic carbocycles. The van der Waals surface area contributed by atoms with Crippen LogP contribution in [0.4, 0.5) is 0 Å². The summed E-state index contributed by atoms with van der Waals surface area (Å²) >= 11 is 12.5. The van der Waals surface area contributed by atoms with Crippen LogP contribution in [0.25, 0.3) is 0 Å². The molecule has 0 aliphatic rings. The predicted octanol–water partition coefficient (Wildman–Crippen LogP) is 7.78. The summed E-state index contributed by atoms with van der Waals surface area (Å²) < 4.78 is 0. The van der Waals surface area contributed by atoms with Gasteiger partial charge in [0.25, 0.3) is 0 Å². The molecule has 1 N–H and O–H groups in total. The highest BCUT2D eigenvalue weighted by molar-refractivity contribution is 6.42. The molecule has 3 aromatic rings. The van der Waals surface area contributed by atoms with Crippen molar-refractivity contribution in [3.05, 3.63) is 105 Å². The van der Waals surface area contributed by atoms with Crippen LogP contribution in [0, 0.1) is 0 Å². The zero-order valence-corrected chi connectivity index (χ0v) is 25.4. The minimum Gasteiger partial charge on any atom is -0.350 e. The third kappa shape index (κ3) is 9.40. The Labute approximate surface area is 243 Å². The van der Waals surface area contributed by atoms with E-state index in [0.29, 0.717) is 22.9 Å². The van der Waals surface area contributed by atoms with Gasteiger partial charge >= 0.3 is 0 Å². The molecule has 208 valence electrons. The van der Waals surface area contributed by atoms with E-state index in [2.05, 4.69) is 50.4 Å². The quantitative estimate of drug-likeness (QED) is 0.287. The molecule has 0 bridgehead atoms. The molecule has 2 amide bonds. The second-order valence-electron chi connectivity index (χ2n) is 12.2. The Morgan fingerprint density at radius 3 is 1.97 bits per heavy atom. The number of carbonyl (C=O) groups excluding carboxylic acids is 2. The Hall–Kier alpha value is -2.82. The monoisotopic (exact) mass is 566 g/mol. The highest BCUT2D eigenvalue weighted by Crippen LogP contribution is 2.26. The van der Waals surface area contributed by atoms with Gasteiger partial charge in [-0.05, 0) is 67.0 Å². The molecule has 0 saturated heterocycles. The SMILES string of the molecule is CC(C)(C)NC(=O)[C@@H](Cc1ccccc1)N(Cc1ccc(Cl)c(Cl)c1)C(=O)CCc1ccc(C(C)(C)C)cc1. The third-order valence-corrected chi connectivity index (χ3v) is 7.29. The first-order valence-corrected chi connectivity index (χ1v) is 14.2. The number of benzene rings is 3. The van der Waals surface area contributed by atoms with E-state index in [1.165, 1.54) is 5.56 Å². The maximum absolute atomic E-state index is 13.9. The van der Waals surface area contributed by atoms with Crippen LogP contribution >= 0.6 is 23.2 Å². The van der Waals surface area contributed by atoms with Crippen LogP contribution in [0.15, 0.2) is 72.8 Å². The molecule has 0 saturated carbocycles. The van der Waals surface area contributed by atoms with E-state index in [9.17, 15) is 9.59 Å². The largest absolute Gasteiger partial charge is 0.350 e. The molecule has 39 heavy (non-hydrogen) atoms. The number of nitrogens with zero attached hydrogens (tertiary/aromatic N) is 1. The van der Waals surface area contributed by atoms with E-state index in [0.717, 1.165) is 16.7 Å². The van der Waals surface area contributed by atoms with Gasteiger partial charge in [0.15, 0.2) is 0 Å². The first-order valence-electron chi connectivity index (χ1n) is 13.4. The Bertz CT molecular complexity index is 1260. The molecule has 3 rings (SSSR count). The zero-order valence-electron chi connectivity index (χ0n) is 23.9. The van der Waals surface area contributed by atoms with E-state index in [4.69, 9.17) is 23.2 Å². The maximum Gasteiger partial charge on any atom is 0.243 e. The molecule has 4 nitrogen and oxygen atoms in total. The Balaban J connectivity index is 1.92. The molecule has 0 spiro atoms.